The van der Waals surface area contributed by atoms with E-state index in [0.29, 0.717) is 37.3 Å². The largest absolute Gasteiger partial charge is 0.440 e. The molecular formula is C19H30BN3O3S. The summed E-state index contributed by atoms with van der Waals surface area (Å²) in [6.45, 7) is 9.56. The smallest absolute Gasteiger partial charge is 0.418 e. The number of hydrogen-bond acceptors (Lipinski definition) is 5. The summed E-state index contributed by atoms with van der Waals surface area (Å²) in [5.74, 6) is 0.206. The van der Waals surface area contributed by atoms with Gasteiger partial charge in [0.25, 0.3) is 0 Å². The van der Waals surface area contributed by atoms with Crippen LogP contribution in [0.4, 0.5) is 5.69 Å². The van der Waals surface area contributed by atoms with Gasteiger partial charge in [-0.2, -0.15) is 9.57 Å². The van der Waals surface area contributed by atoms with E-state index in [2.05, 4.69) is 6.07 Å². The molecule has 1 fully saturated rings. The van der Waals surface area contributed by atoms with Crippen molar-refractivity contribution < 1.29 is 13.1 Å². The number of rotatable bonds is 10. The molecular weight excluding hydrogens is 361 g/mol. The van der Waals surface area contributed by atoms with E-state index in [4.69, 9.17) is 9.92 Å². The monoisotopic (exact) mass is 391 g/mol. The van der Waals surface area contributed by atoms with E-state index in [0.717, 1.165) is 5.69 Å². The van der Waals surface area contributed by atoms with E-state index in [9.17, 15) is 8.42 Å². The Labute approximate surface area is 164 Å². The molecule has 1 aromatic rings. The highest BCUT2D eigenvalue weighted by molar-refractivity contribution is 7.89. The van der Waals surface area contributed by atoms with Crippen molar-refractivity contribution in [1.82, 2.24) is 4.31 Å². The lowest BCUT2D eigenvalue weighted by atomic mass is 9.88. The zero-order valence-electron chi connectivity index (χ0n) is 17.0. The molecule has 1 aromatic carbocycles. The minimum Gasteiger partial charge on any atom is -0.418 e. The molecule has 27 heavy (non-hydrogen) atoms. The molecule has 8 heteroatoms. The minimum atomic E-state index is -3.63. The van der Waals surface area contributed by atoms with Gasteiger partial charge in [0.2, 0.25) is 10.0 Å². The van der Waals surface area contributed by atoms with Crippen LogP contribution < -0.4 is 4.81 Å². The molecule has 148 valence electrons. The summed E-state index contributed by atoms with van der Waals surface area (Å²) in [4.78, 5) is 2.24. The number of nitrogens with zero attached hydrogens (tertiary/aromatic N) is 3. The van der Waals surface area contributed by atoms with Gasteiger partial charge in [0.05, 0.1) is 17.5 Å². The quantitative estimate of drug-likeness (QED) is 0.452. The number of hydrogen-bond donors (Lipinski definition) is 0. The van der Waals surface area contributed by atoms with Gasteiger partial charge in [0, 0.05) is 25.2 Å². The van der Waals surface area contributed by atoms with Gasteiger partial charge in [0.1, 0.15) is 0 Å². The second-order valence-corrected chi connectivity index (χ2v) is 10.3. The average Bonchev–Trinajstić information content (AvgIpc) is 3.43. The summed E-state index contributed by atoms with van der Waals surface area (Å²) in [7, 11) is -1.70. The van der Waals surface area contributed by atoms with Crippen molar-refractivity contribution in [3.63, 3.8) is 0 Å². The van der Waals surface area contributed by atoms with Crippen molar-refractivity contribution in [2.75, 3.05) is 31.5 Å². The third kappa shape index (κ3) is 5.96. The van der Waals surface area contributed by atoms with Gasteiger partial charge < -0.3 is 9.47 Å². The van der Waals surface area contributed by atoms with Crippen molar-refractivity contribution >= 4 is 22.8 Å². The molecule has 0 bridgehead atoms. The second-order valence-electron chi connectivity index (χ2n) is 8.41. The van der Waals surface area contributed by atoms with E-state index in [1.807, 2.05) is 45.6 Å². The third-order valence-corrected chi connectivity index (χ3v) is 6.50. The minimum absolute atomic E-state index is 0.0274. The summed E-state index contributed by atoms with van der Waals surface area (Å²) in [5, 5.41) is 8.88. The van der Waals surface area contributed by atoms with Gasteiger partial charge in [-0.25, -0.2) is 8.42 Å². The Balaban J connectivity index is 2.30. The van der Waals surface area contributed by atoms with Crippen LogP contribution in [0.25, 0.3) is 0 Å². The SMILES string of the molecule is CC(C)CN(CC(C)(C)CCC#N)S(=O)(=O)c1cccc(N(C)B2CO2)c1. The van der Waals surface area contributed by atoms with Crippen molar-refractivity contribution in [2.24, 2.45) is 11.3 Å². The number of sulfonamides is 1. The Morgan fingerprint density at radius 2 is 2.04 bits per heavy atom. The molecule has 0 N–H and O–H groups in total. The lowest BCUT2D eigenvalue weighted by molar-refractivity contribution is 0.232. The molecule has 2 rings (SSSR count). The van der Waals surface area contributed by atoms with E-state index in [1.54, 1.807) is 22.5 Å². The fourth-order valence-corrected chi connectivity index (χ4v) is 4.88. The summed E-state index contributed by atoms with van der Waals surface area (Å²) < 4.78 is 33.6. The zero-order chi connectivity index (χ0) is 20.2. The average molecular weight is 391 g/mol. The molecule has 1 saturated heterocycles. The molecule has 0 amide bonds. The molecule has 0 aliphatic carbocycles. The first-order valence-electron chi connectivity index (χ1n) is 9.38. The Kier molecular flexibility index (Phi) is 6.95. The predicted octanol–water partition coefficient (Wildman–Crippen LogP) is 3.16. The topological polar surface area (TPSA) is 76.9 Å². The van der Waals surface area contributed by atoms with Gasteiger partial charge in [-0.15, -0.1) is 0 Å². The van der Waals surface area contributed by atoms with Crippen molar-refractivity contribution in [3.8, 4) is 6.07 Å². The van der Waals surface area contributed by atoms with Crippen LogP contribution in [0.15, 0.2) is 29.2 Å². The summed E-state index contributed by atoms with van der Waals surface area (Å²) in [6, 6.07) is 9.19. The predicted molar refractivity (Wildman–Crippen MR) is 109 cm³/mol. The first kappa shape index (κ1) is 21.7. The summed E-state index contributed by atoms with van der Waals surface area (Å²) >= 11 is 0. The Morgan fingerprint density at radius 1 is 1.37 bits per heavy atom. The molecule has 1 heterocycles. The van der Waals surface area contributed by atoms with Crippen LogP contribution in [-0.4, -0.2) is 46.4 Å². The van der Waals surface area contributed by atoms with Gasteiger partial charge in [-0.05, 0) is 43.0 Å². The zero-order valence-corrected chi connectivity index (χ0v) is 17.8. The molecule has 0 aromatic heterocycles. The molecule has 0 atom stereocenters. The van der Waals surface area contributed by atoms with Crippen LogP contribution in [0.3, 0.4) is 0 Å². The molecule has 0 spiro atoms. The van der Waals surface area contributed by atoms with Crippen LogP contribution in [0.5, 0.6) is 0 Å². The molecule has 0 radical (unpaired) electrons. The summed E-state index contributed by atoms with van der Waals surface area (Å²) in [5.41, 5.74) is 0.556. The normalized spacial score (nSPS) is 14.5. The first-order chi connectivity index (χ1) is 12.6. The van der Waals surface area contributed by atoms with Crippen LogP contribution in [0.1, 0.15) is 40.5 Å². The van der Waals surface area contributed by atoms with Crippen LogP contribution in [0.2, 0.25) is 0 Å². The molecule has 1 aliphatic heterocycles. The van der Waals surface area contributed by atoms with Crippen LogP contribution in [-0.2, 0) is 14.7 Å². The highest BCUT2D eigenvalue weighted by atomic mass is 32.2. The van der Waals surface area contributed by atoms with E-state index < -0.39 is 10.0 Å². The van der Waals surface area contributed by atoms with Gasteiger partial charge in [-0.3, -0.25) is 0 Å². The second kappa shape index (κ2) is 8.64. The maximum atomic E-state index is 13.4. The Bertz CT molecular complexity index is 786. The molecule has 0 saturated carbocycles. The van der Waals surface area contributed by atoms with Crippen LogP contribution >= 0.6 is 0 Å². The van der Waals surface area contributed by atoms with E-state index in [-0.39, 0.29) is 18.4 Å². The van der Waals surface area contributed by atoms with Gasteiger partial charge in [-0.1, -0.05) is 33.8 Å². The molecule has 6 nitrogen and oxygen atoms in total. The Morgan fingerprint density at radius 3 is 2.59 bits per heavy atom. The summed E-state index contributed by atoms with van der Waals surface area (Å²) in [6.07, 6.45) is 1.08. The molecule has 1 aliphatic rings. The maximum Gasteiger partial charge on any atom is 0.440 e. The first-order valence-corrected chi connectivity index (χ1v) is 10.8. The van der Waals surface area contributed by atoms with Crippen molar-refractivity contribution in [1.29, 1.82) is 5.26 Å². The number of anilines is 1. The van der Waals surface area contributed by atoms with Gasteiger partial charge in [0.15, 0.2) is 0 Å². The van der Waals surface area contributed by atoms with Crippen LogP contribution in [0, 0.1) is 22.7 Å². The lowest BCUT2D eigenvalue weighted by Crippen LogP contribution is -2.41. The highest BCUT2D eigenvalue weighted by Crippen LogP contribution is 2.29. The number of benzene rings is 1. The molecule has 0 unspecified atom stereocenters. The van der Waals surface area contributed by atoms with Gasteiger partial charge >= 0.3 is 7.05 Å². The van der Waals surface area contributed by atoms with E-state index >= 15 is 0 Å². The fraction of sp³-hybridized carbons (Fsp3) is 0.632. The maximum absolute atomic E-state index is 13.4. The Hall–Kier alpha value is -1.56. The fourth-order valence-electron chi connectivity index (χ4n) is 3.05. The number of nitriles is 1. The third-order valence-electron chi connectivity index (χ3n) is 4.70. The van der Waals surface area contributed by atoms with Crippen molar-refractivity contribution in [2.45, 2.75) is 45.4 Å². The van der Waals surface area contributed by atoms with E-state index in [1.165, 1.54) is 0 Å². The lowest BCUT2D eigenvalue weighted by Gasteiger charge is -2.33. The van der Waals surface area contributed by atoms with Crippen molar-refractivity contribution in [3.05, 3.63) is 24.3 Å². The standard InChI is InChI=1S/C19H30BN3O3S/c1-16(2)13-23(14-19(3,4)10-7-11-21)27(24,25)18-9-6-8-17(12-18)22(5)20-15-26-20/h6,8-9,12,16H,7,10,13-15H2,1-5H3. The highest BCUT2D eigenvalue weighted by Gasteiger charge is 2.37.